The average molecular weight is 459 g/mol. The van der Waals surface area contributed by atoms with Gasteiger partial charge in [-0.2, -0.15) is 0 Å². The second-order valence-corrected chi connectivity index (χ2v) is 9.98. The molecule has 0 spiro atoms. The zero-order chi connectivity index (χ0) is 23.5. The van der Waals surface area contributed by atoms with E-state index in [1.165, 1.54) is 18.5 Å². The summed E-state index contributed by atoms with van der Waals surface area (Å²) in [6.07, 6.45) is 6.02. The molecular formula is C29H34N2O3. The van der Waals surface area contributed by atoms with E-state index < -0.39 is 0 Å². The number of nitrogens with zero attached hydrogens (tertiary/aromatic N) is 2. The molecule has 2 atom stereocenters. The standard InChI is InChI=1S/C29H34N2O3/c1-20(15-29(32)28-17-30-16-21(28)2)23-5-9-26(10-6-23)34-27-13-14-31(18-27)24-7-11-25(12-8-24)33-19-22-3-4-22/h5-12,17,20,22,27H,3-4,13-16,18-19H2,1-2H3/t20-,27-/m1/s1. The van der Waals surface area contributed by atoms with Crippen LogP contribution in [0.25, 0.3) is 0 Å². The Morgan fingerprint density at radius 2 is 1.79 bits per heavy atom. The molecule has 2 aromatic carbocycles. The summed E-state index contributed by atoms with van der Waals surface area (Å²) in [7, 11) is 0. The van der Waals surface area contributed by atoms with Gasteiger partial charge in [-0.3, -0.25) is 9.79 Å². The Morgan fingerprint density at radius 3 is 2.47 bits per heavy atom. The lowest BCUT2D eigenvalue weighted by Crippen LogP contribution is -2.24. The largest absolute Gasteiger partial charge is 0.493 e. The van der Waals surface area contributed by atoms with Crippen molar-refractivity contribution in [2.75, 3.05) is 31.1 Å². The minimum atomic E-state index is 0.161. The SMILES string of the molecule is CC1=C(C(=O)C[C@@H](C)c2ccc(O[C@@H]3CCN(c4ccc(OCC5CC5)cc4)C3)cc2)C=NC1. The van der Waals surface area contributed by atoms with Crippen LogP contribution in [0.5, 0.6) is 11.5 Å². The molecule has 0 amide bonds. The number of carbonyl (C=O) groups excluding carboxylic acids is 1. The molecule has 0 aromatic heterocycles. The Balaban J connectivity index is 1.11. The highest BCUT2D eigenvalue weighted by Crippen LogP contribution is 2.31. The molecule has 34 heavy (non-hydrogen) atoms. The molecule has 2 aromatic rings. The van der Waals surface area contributed by atoms with E-state index in [1.807, 2.05) is 19.1 Å². The molecule has 1 saturated carbocycles. The zero-order valence-electron chi connectivity index (χ0n) is 20.2. The Morgan fingerprint density at radius 1 is 1.06 bits per heavy atom. The molecule has 5 nitrogen and oxygen atoms in total. The van der Waals surface area contributed by atoms with Crippen LogP contribution in [-0.2, 0) is 4.79 Å². The summed E-state index contributed by atoms with van der Waals surface area (Å²) in [5, 5.41) is 0. The number of anilines is 1. The number of aliphatic imine (C=N–C) groups is 1. The normalized spacial score (nSPS) is 20.6. The Bertz CT molecular complexity index is 1070. The van der Waals surface area contributed by atoms with Crippen molar-refractivity contribution in [3.63, 3.8) is 0 Å². The van der Waals surface area contributed by atoms with Crippen molar-refractivity contribution in [2.45, 2.75) is 51.6 Å². The molecule has 0 N–H and O–H groups in total. The number of hydrogen-bond donors (Lipinski definition) is 0. The van der Waals surface area contributed by atoms with Gasteiger partial charge >= 0.3 is 0 Å². The first kappa shape index (κ1) is 22.7. The number of ketones is 1. The van der Waals surface area contributed by atoms with Crippen LogP contribution < -0.4 is 14.4 Å². The van der Waals surface area contributed by atoms with Gasteiger partial charge in [0.2, 0.25) is 0 Å². The van der Waals surface area contributed by atoms with Gasteiger partial charge in [-0.1, -0.05) is 19.1 Å². The monoisotopic (exact) mass is 458 g/mol. The highest BCUT2D eigenvalue weighted by Gasteiger charge is 2.25. The van der Waals surface area contributed by atoms with E-state index in [1.54, 1.807) is 6.21 Å². The first-order valence-corrected chi connectivity index (χ1v) is 12.5. The molecule has 2 fully saturated rings. The van der Waals surface area contributed by atoms with Crippen LogP contribution in [0.2, 0.25) is 0 Å². The molecule has 3 aliphatic rings. The molecule has 1 aliphatic carbocycles. The summed E-state index contributed by atoms with van der Waals surface area (Å²) in [4.78, 5) is 19.2. The van der Waals surface area contributed by atoms with Crippen molar-refractivity contribution < 1.29 is 14.3 Å². The number of rotatable bonds is 10. The van der Waals surface area contributed by atoms with Crippen molar-refractivity contribution in [3.05, 3.63) is 65.2 Å². The number of allylic oxidation sites excluding steroid dienone is 1. The summed E-state index contributed by atoms with van der Waals surface area (Å²) in [5.74, 6) is 2.96. The van der Waals surface area contributed by atoms with Crippen LogP contribution in [0.15, 0.2) is 64.7 Å². The molecule has 0 radical (unpaired) electrons. The van der Waals surface area contributed by atoms with Gasteiger partial charge in [0.15, 0.2) is 5.78 Å². The Labute approximate surface area is 202 Å². The summed E-state index contributed by atoms with van der Waals surface area (Å²) < 4.78 is 12.1. The minimum Gasteiger partial charge on any atom is -0.493 e. The molecule has 0 unspecified atom stereocenters. The van der Waals surface area contributed by atoms with Crippen LogP contribution in [-0.4, -0.2) is 44.3 Å². The van der Waals surface area contributed by atoms with E-state index >= 15 is 0 Å². The average Bonchev–Trinajstić information content (AvgIpc) is 3.39. The van der Waals surface area contributed by atoms with Gasteiger partial charge in [0.05, 0.1) is 19.7 Å². The van der Waals surface area contributed by atoms with Crippen LogP contribution in [0.3, 0.4) is 0 Å². The van der Waals surface area contributed by atoms with E-state index in [0.29, 0.717) is 13.0 Å². The van der Waals surface area contributed by atoms with E-state index in [4.69, 9.17) is 9.47 Å². The summed E-state index contributed by atoms with van der Waals surface area (Å²) in [6, 6.07) is 16.7. The van der Waals surface area contributed by atoms with E-state index in [9.17, 15) is 4.79 Å². The number of ether oxygens (including phenoxy) is 2. The maximum Gasteiger partial charge on any atom is 0.165 e. The molecule has 5 heteroatoms. The third-order valence-electron chi connectivity index (χ3n) is 7.08. The quantitative estimate of drug-likeness (QED) is 0.465. The predicted molar refractivity (Wildman–Crippen MR) is 136 cm³/mol. The molecular weight excluding hydrogens is 424 g/mol. The smallest absolute Gasteiger partial charge is 0.165 e. The van der Waals surface area contributed by atoms with Gasteiger partial charge in [-0.15, -0.1) is 0 Å². The predicted octanol–water partition coefficient (Wildman–Crippen LogP) is 5.60. The number of benzene rings is 2. The summed E-state index contributed by atoms with van der Waals surface area (Å²) in [5.41, 5.74) is 4.24. The van der Waals surface area contributed by atoms with E-state index in [-0.39, 0.29) is 17.8 Å². The highest BCUT2D eigenvalue weighted by molar-refractivity contribution is 6.15. The van der Waals surface area contributed by atoms with Gasteiger partial charge in [-0.05, 0) is 79.1 Å². The van der Waals surface area contributed by atoms with Gasteiger partial charge in [0.25, 0.3) is 0 Å². The fraction of sp³-hybridized carbons (Fsp3) is 0.448. The number of carbonyl (C=O) groups is 1. The molecule has 0 bridgehead atoms. The molecule has 178 valence electrons. The van der Waals surface area contributed by atoms with Crippen LogP contribution >= 0.6 is 0 Å². The second kappa shape index (κ2) is 10.0. The first-order valence-electron chi connectivity index (χ1n) is 12.5. The lowest BCUT2D eigenvalue weighted by molar-refractivity contribution is -0.115. The minimum absolute atomic E-state index is 0.161. The van der Waals surface area contributed by atoms with Gasteiger partial charge in [0.1, 0.15) is 17.6 Å². The van der Waals surface area contributed by atoms with Crippen LogP contribution in [0.1, 0.15) is 51.0 Å². The second-order valence-electron chi connectivity index (χ2n) is 9.98. The topological polar surface area (TPSA) is 51.1 Å². The van der Waals surface area contributed by atoms with Crippen molar-refractivity contribution in [1.29, 1.82) is 0 Å². The first-order chi connectivity index (χ1) is 16.5. The molecule has 2 heterocycles. The van der Waals surface area contributed by atoms with E-state index in [2.05, 4.69) is 53.2 Å². The van der Waals surface area contributed by atoms with Gasteiger partial charge < -0.3 is 14.4 Å². The number of hydrogen-bond acceptors (Lipinski definition) is 5. The summed E-state index contributed by atoms with van der Waals surface area (Å²) >= 11 is 0. The van der Waals surface area contributed by atoms with Crippen molar-refractivity contribution in [1.82, 2.24) is 0 Å². The summed E-state index contributed by atoms with van der Waals surface area (Å²) in [6.45, 7) is 7.46. The van der Waals surface area contributed by atoms with Crippen LogP contribution in [0, 0.1) is 5.92 Å². The lowest BCUT2D eigenvalue weighted by atomic mass is 9.92. The number of Topliss-reactive ketones (excluding diaryl/α,β-unsaturated/α-hetero) is 1. The molecule has 2 aliphatic heterocycles. The Hall–Kier alpha value is -3.08. The fourth-order valence-electron chi connectivity index (χ4n) is 4.66. The third-order valence-corrected chi connectivity index (χ3v) is 7.08. The highest BCUT2D eigenvalue weighted by atomic mass is 16.5. The molecule has 5 rings (SSSR count). The van der Waals surface area contributed by atoms with Gasteiger partial charge in [-0.25, -0.2) is 0 Å². The maximum absolute atomic E-state index is 12.6. The molecule has 1 saturated heterocycles. The zero-order valence-corrected chi connectivity index (χ0v) is 20.2. The van der Waals surface area contributed by atoms with Crippen molar-refractivity contribution >= 4 is 17.7 Å². The van der Waals surface area contributed by atoms with Gasteiger partial charge in [0, 0.05) is 36.9 Å². The van der Waals surface area contributed by atoms with Crippen molar-refractivity contribution in [3.8, 4) is 11.5 Å². The third kappa shape index (κ3) is 5.52. The maximum atomic E-state index is 12.6. The Kier molecular flexibility index (Phi) is 6.70. The lowest BCUT2D eigenvalue weighted by Gasteiger charge is -2.20. The van der Waals surface area contributed by atoms with Crippen molar-refractivity contribution in [2.24, 2.45) is 10.9 Å². The van der Waals surface area contributed by atoms with E-state index in [0.717, 1.165) is 60.2 Å². The fourth-order valence-corrected chi connectivity index (χ4v) is 4.66. The van der Waals surface area contributed by atoms with Crippen LogP contribution in [0.4, 0.5) is 5.69 Å².